The largest absolute Gasteiger partial charge is 0.361 e. The van der Waals surface area contributed by atoms with Crippen molar-refractivity contribution < 1.29 is 9.32 Å². The van der Waals surface area contributed by atoms with Crippen molar-refractivity contribution >= 4 is 5.91 Å². The van der Waals surface area contributed by atoms with Gasteiger partial charge in [-0.3, -0.25) is 4.79 Å². The van der Waals surface area contributed by atoms with Crippen molar-refractivity contribution in [3.8, 4) is 5.69 Å². The summed E-state index contributed by atoms with van der Waals surface area (Å²) in [4.78, 5) is 14.9. The fourth-order valence-electron chi connectivity index (χ4n) is 3.66. The van der Waals surface area contributed by atoms with Gasteiger partial charge in [0.2, 0.25) is 0 Å². The lowest BCUT2D eigenvalue weighted by molar-refractivity contribution is 0.0731. The average Bonchev–Trinajstić information content (AvgIpc) is 3.34. The zero-order valence-corrected chi connectivity index (χ0v) is 15.3. The molecule has 0 saturated carbocycles. The van der Waals surface area contributed by atoms with Crippen LogP contribution in [0.4, 0.5) is 0 Å². The molecule has 0 N–H and O–H groups in total. The summed E-state index contributed by atoms with van der Waals surface area (Å²) in [6, 6.07) is 11.6. The van der Waals surface area contributed by atoms with Crippen molar-refractivity contribution in [3.63, 3.8) is 0 Å². The molecule has 3 heterocycles. The van der Waals surface area contributed by atoms with Gasteiger partial charge in [-0.15, -0.1) is 0 Å². The van der Waals surface area contributed by atoms with Crippen LogP contribution in [0, 0.1) is 20.8 Å². The topological polar surface area (TPSA) is 64.2 Å². The van der Waals surface area contributed by atoms with E-state index in [1.807, 2.05) is 66.8 Å². The number of hydrogen-bond acceptors (Lipinski definition) is 4. The van der Waals surface area contributed by atoms with Crippen LogP contribution in [0.1, 0.15) is 52.1 Å². The van der Waals surface area contributed by atoms with E-state index in [9.17, 15) is 4.79 Å². The molecule has 1 aliphatic rings. The van der Waals surface area contributed by atoms with E-state index in [0.29, 0.717) is 5.56 Å². The van der Waals surface area contributed by atoms with Crippen LogP contribution < -0.4 is 0 Å². The summed E-state index contributed by atoms with van der Waals surface area (Å²) in [5.41, 5.74) is 4.53. The van der Waals surface area contributed by atoms with Gasteiger partial charge in [-0.1, -0.05) is 5.16 Å². The second-order valence-corrected chi connectivity index (χ2v) is 6.90. The highest BCUT2D eigenvalue weighted by atomic mass is 16.5. The number of aryl methyl sites for hydroxylation is 3. The maximum Gasteiger partial charge on any atom is 0.254 e. The number of aromatic nitrogens is 3. The number of rotatable bonds is 3. The lowest BCUT2D eigenvalue weighted by Gasteiger charge is -2.23. The minimum absolute atomic E-state index is 0.00404. The number of nitrogens with zero attached hydrogens (tertiary/aromatic N) is 4. The first-order chi connectivity index (χ1) is 12.5. The van der Waals surface area contributed by atoms with Crippen molar-refractivity contribution in [2.45, 2.75) is 39.7 Å². The van der Waals surface area contributed by atoms with Gasteiger partial charge in [0.05, 0.1) is 17.4 Å². The third-order valence-electron chi connectivity index (χ3n) is 4.87. The summed E-state index contributed by atoms with van der Waals surface area (Å²) in [5.74, 6) is 0.807. The minimum Gasteiger partial charge on any atom is -0.361 e. The SMILES string of the molecule is Cc1cc(C)n(-c2ccc(C(=O)N3CCC[C@H]3c3cc(C)on3)cc2)n1. The predicted octanol–water partition coefficient (Wildman–Crippen LogP) is 3.76. The molecule has 6 nitrogen and oxygen atoms in total. The van der Waals surface area contributed by atoms with Crippen LogP contribution in [-0.4, -0.2) is 32.3 Å². The number of amides is 1. The molecule has 0 spiro atoms. The molecule has 0 aliphatic carbocycles. The summed E-state index contributed by atoms with van der Waals surface area (Å²) in [5, 5.41) is 8.60. The van der Waals surface area contributed by atoms with E-state index < -0.39 is 0 Å². The van der Waals surface area contributed by atoms with Crippen molar-refractivity contribution in [1.82, 2.24) is 19.8 Å². The number of likely N-dealkylation sites (tertiary alicyclic amines) is 1. The van der Waals surface area contributed by atoms with Gasteiger partial charge >= 0.3 is 0 Å². The van der Waals surface area contributed by atoms with E-state index in [4.69, 9.17) is 4.52 Å². The van der Waals surface area contributed by atoms with Crippen molar-refractivity contribution in [1.29, 1.82) is 0 Å². The fraction of sp³-hybridized carbons (Fsp3) is 0.350. The van der Waals surface area contributed by atoms with Gasteiger partial charge < -0.3 is 9.42 Å². The Balaban J connectivity index is 1.57. The Bertz CT molecular complexity index is 939. The van der Waals surface area contributed by atoms with Crippen molar-refractivity contribution in [2.24, 2.45) is 0 Å². The highest BCUT2D eigenvalue weighted by Crippen LogP contribution is 2.32. The lowest BCUT2D eigenvalue weighted by atomic mass is 10.1. The molecular weight excluding hydrogens is 328 g/mol. The van der Waals surface area contributed by atoms with Gasteiger partial charge in [0.1, 0.15) is 11.5 Å². The van der Waals surface area contributed by atoms with E-state index >= 15 is 0 Å². The van der Waals surface area contributed by atoms with Crippen LogP contribution >= 0.6 is 0 Å². The van der Waals surface area contributed by atoms with Crippen LogP contribution in [0.5, 0.6) is 0 Å². The molecular formula is C20H22N4O2. The summed E-state index contributed by atoms with van der Waals surface area (Å²) in [6.07, 6.45) is 1.90. The standard InChI is InChI=1S/C20H22N4O2/c1-13-11-14(2)24(21-13)17-8-6-16(7-9-17)20(25)23-10-4-5-19(23)18-12-15(3)26-22-18/h6-9,11-12,19H,4-5,10H2,1-3H3/t19-/m0/s1. The van der Waals surface area contributed by atoms with Crippen LogP contribution in [0.2, 0.25) is 0 Å². The number of carbonyl (C=O) groups is 1. The van der Waals surface area contributed by atoms with Crippen LogP contribution in [-0.2, 0) is 0 Å². The Hall–Kier alpha value is -2.89. The van der Waals surface area contributed by atoms with Crippen molar-refractivity contribution in [2.75, 3.05) is 6.54 Å². The molecule has 1 saturated heterocycles. The summed E-state index contributed by atoms with van der Waals surface area (Å²) < 4.78 is 7.08. The smallest absolute Gasteiger partial charge is 0.254 e. The zero-order valence-electron chi connectivity index (χ0n) is 15.3. The van der Waals surface area contributed by atoms with Gasteiger partial charge in [0.25, 0.3) is 5.91 Å². The maximum atomic E-state index is 13.0. The fourth-order valence-corrected chi connectivity index (χ4v) is 3.66. The average molecular weight is 350 g/mol. The number of benzene rings is 1. The molecule has 1 amide bonds. The van der Waals surface area contributed by atoms with E-state index in [0.717, 1.165) is 47.9 Å². The maximum absolute atomic E-state index is 13.0. The molecule has 6 heteroatoms. The molecule has 1 aromatic carbocycles. The molecule has 0 bridgehead atoms. The second kappa shape index (κ2) is 6.44. The second-order valence-electron chi connectivity index (χ2n) is 6.90. The summed E-state index contributed by atoms with van der Waals surface area (Å²) in [7, 11) is 0. The van der Waals surface area contributed by atoms with Crippen LogP contribution in [0.3, 0.4) is 0 Å². The zero-order chi connectivity index (χ0) is 18.3. The Labute approximate surface area is 152 Å². The molecule has 1 aliphatic heterocycles. The Morgan fingerprint density at radius 1 is 1.15 bits per heavy atom. The van der Waals surface area contributed by atoms with Crippen LogP contribution in [0.15, 0.2) is 40.9 Å². The van der Waals surface area contributed by atoms with E-state index in [1.54, 1.807) is 0 Å². The monoisotopic (exact) mass is 350 g/mol. The Kier molecular flexibility index (Phi) is 4.11. The van der Waals surface area contributed by atoms with Gasteiger partial charge in [-0.05, 0) is 63.9 Å². The molecule has 2 aromatic heterocycles. The predicted molar refractivity (Wildman–Crippen MR) is 97.3 cm³/mol. The number of hydrogen-bond donors (Lipinski definition) is 0. The third-order valence-corrected chi connectivity index (χ3v) is 4.87. The lowest BCUT2D eigenvalue weighted by Crippen LogP contribution is -2.30. The van der Waals surface area contributed by atoms with Gasteiger partial charge in [0.15, 0.2) is 0 Å². The first-order valence-electron chi connectivity index (χ1n) is 8.91. The molecule has 0 unspecified atom stereocenters. The highest BCUT2D eigenvalue weighted by molar-refractivity contribution is 5.94. The first kappa shape index (κ1) is 16.6. The van der Waals surface area contributed by atoms with Gasteiger partial charge in [0, 0.05) is 23.9 Å². The summed E-state index contributed by atoms with van der Waals surface area (Å²) in [6.45, 7) is 6.61. The highest BCUT2D eigenvalue weighted by Gasteiger charge is 2.32. The van der Waals surface area contributed by atoms with Gasteiger partial charge in [-0.25, -0.2) is 4.68 Å². The molecule has 1 atom stereocenters. The van der Waals surface area contributed by atoms with E-state index in [1.165, 1.54) is 0 Å². The summed E-state index contributed by atoms with van der Waals surface area (Å²) >= 11 is 0. The first-order valence-corrected chi connectivity index (χ1v) is 8.91. The quantitative estimate of drug-likeness (QED) is 0.721. The Morgan fingerprint density at radius 3 is 2.54 bits per heavy atom. The van der Waals surface area contributed by atoms with Gasteiger partial charge in [-0.2, -0.15) is 5.10 Å². The minimum atomic E-state index is -0.00404. The molecule has 26 heavy (non-hydrogen) atoms. The molecule has 134 valence electrons. The van der Waals surface area contributed by atoms with Crippen molar-refractivity contribution in [3.05, 3.63) is 64.8 Å². The third kappa shape index (κ3) is 2.92. The van der Waals surface area contributed by atoms with E-state index in [2.05, 4.69) is 10.3 Å². The Morgan fingerprint density at radius 2 is 1.92 bits per heavy atom. The van der Waals surface area contributed by atoms with E-state index in [-0.39, 0.29) is 11.9 Å². The molecule has 0 radical (unpaired) electrons. The normalized spacial score (nSPS) is 17.0. The molecule has 1 fully saturated rings. The molecule has 3 aromatic rings. The number of carbonyl (C=O) groups excluding carboxylic acids is 1. The molecule has 4 rings (SSSR count). The van der Waals surface area contributed by atoms with Crippen LogP contribution in [0.25, 0.3) is 5.69 Å².